The van der Waals surface area contributed by atoms with Gasteiger partial charge in [0.05, 0.1) is 12.5 Å². The van der Waals surface area contributed by atoms with Gasteiger partial charge < -0.3 is 15.4 Å². The van der Waals surface area contributed by atoms with Crippen LogP contribution >= 0.6 is 0 Å². The quantitative estimate of drug-likeness (QED) is 0.876. The average molecular weight is 316 g/mol. The number of amides is 1. The SMILES string of the molecule is COCC1(CNC(=O)C2CCCc3ccccc32)CCNCC1. The van der Waals surface area contributed by atoms with Crippen molar-refractivity contribution in [2.45, 2.75) is 38.0 Å². The number of ether oxygens (including phenoxy) is 1. The molecule has 3 rings (SSSR count). The Kier molecular flexibility index (Phi) is 5.34. The lowest BCUT2D eigenvalue weighted by atomic mass is 9.78. The van der Waals surface area contributed by atoms with Crippen LogP contribution in [0.25, 0.3) is 0 Å². The maximum absolute atomic E-state index is 12.8. The Morgan fingerprint density at radius 1 is 1.35 bits per heavy atom. The highest BCUT2D eigenvalue weighted by atomic mass is 16.5. The van der Waals surface area contributed by atoms with Crippen molar-refractivity contribution >= 4 is 5.91 Å². The number of piperidine rings is 1. The molecule has 0 saturated carbocycles. The van der Waals surface area contributed by atoms with Crippen LogP contribution in [0.1, 0.15) is 42.7 Å². The number of nitrogens with one attached hydrogen (secondary N) is 2. The van der Waals surface area contributed by atoms with E-state index in [1.807, 2.05) is 6.07 Å². The van der Waals surface area contributed by atoms with Gasteiger partial charge in [0.25, 0.3) is 0 Å². The van der Waals surface area contributed by atoms with Crippen molar-refractivity contribution < 1.29 is 9.53 Å². The highest BCUT2D eigenvalue weighted by Gasteiger charge is 2.34. The molecule has 1 aliphatic heterocycles. The first kappa shape index (κ1) is 16.5. The number of aryl methyl sites for hydroxylation is 1. The predicted octanol–water partition coefficient (Wildman–Crippen LogP) is 2.24. The third-order valence-corrected chi connectivity index (χ3v) is 5.44. The second-order valence-corrected chi connectivity index (χ2v) is 7.04. The number of methoxy groups -OCH3 is 1. The van der Waals surface area contributed by atoms with Crippen molar-refractivity contribution in [2.75, 3.05) is 33.4 Å². The Morgan fingerprint density at radius 3 is 2.91 bits per heavy atom. The average Bonchev–Trinajstić information content (AvgIpc) is 2.60. The van der Waals surface area contributed by atoms with Gasteiger partial charge in [-0.25, -0.2) is 0 Å². The van der Waals surface area contributed by atoms with E-state index in [9.17, 15) is 4.79 Å². The van der Waals surface area contributed by atoms with Crippen LogP contribution in [-0.4, -0.2) is 39.3 Å². The summed E-state index contributed by atoms with van der Waals surface area (Å²) in [5, 5.41) is 6.64. The molecule has 0 radical (unpaired) electrons. The maximum atomic E-state index is 12.8. The molecule has 1 heterocycles. The minimum absolute atomic E-state index is 0.0151. The summed E-state index contributed by atoms with van der Waals surface area (Å²) >= 11 is 0. The third kappa shape index (κ3) is 3.75. The van der Waals surface area contributed by atoms with Crippen LogP contribution in [0, 0.1) is 5.41 Å². The first-order valence-corrected chi connectivity index (χ1v) is 8.79. The molecule has 1 fully saturated rings. The Balaban J connectivity index is 1.65. The molecule has 1 atom stereocenters. The van der Waals surface area contributed by atoms with Crippen molar-refractivity contribution in [2.24, 2.45) is 5.41 Å². The highest BCUT2D eigenvalue weighted by molar-refractivity contribution is 5.84. The summed E-state index contributed by atoms with van der Waals surface area (Å²) in [5.41, 5.74) is 2.65. The number of fused-ring (bicyclic) bond motifs is 1. The maximum Gasteiger partial charge on any atom is 0.227 e. The highest BCUT2D eigenvalue weighted by Crippen LogP contribution is 2.33. The van der Waals surface area contributed by atoms with Gasteiger partial charge in [0.15, 0.2) is 0 Å². The Bertz CT molecular complexity index is 532. The van der Waals surface area contributed by atoms with E-state index < -0.39 is 0 Å². The van der Waals surface area contributed by atoms with Crippen molar-refractivity contribution in [1.82, 2.24) is 10.6 Å². The fraction of sp³-hybridized carbons (Fsp3) is 0.632. The Morgan fingerprint density at radius 2 is 2.13 bits per heavy atom. The van der Waals surface area contributed by atoms with Crippen LogP contribution < -0.4 is 10.6 Å². The first-order chi connectivity index (χ1) is 11.2. The summed E-state index contributed by atoms with van der Waals surface area (Å²) in [6.07, 6.45) is 5.27. The van der Waals surface area contributed by atoms with Crippen LogP contribution in [0.2, 0.25) is 0 Å². The number of benzene rings is 1. The van der Waals surface area contributed by atoms with Crippen molar-refractivity contribution in [3.05, 3.63) is 35.4 Å². The molecule has 0 bridgehead atoms. The summed E-state index contributed by atoms with van der Waals surface area (Å²) < 4.78 is 5.44. The molecule has 1 saturated heterocycles. The fourth-order valence-corrected chi connectivity index (χ4v) is 4.06. The molecule has 1 unspecified atom stereocenters. The predicted molar refractivity (Wildman–Crippen MR) is 91.5 cm³/mol. The van der Waals surface area contributed by atoms with Crippen LogP contribution in [0.3, 0.4) is 0 Å². The van der Waals surface area contributed by atoms with Gasteiger partial charge in [-0.05, 0) is 56.3 Å². The topological polar surface area (TPSA) is 50.4 Å². The molecule has 23 heavy (non-hydrogen) atoms. The summed E-state index contributed by atoms with van der Waals surface area (Å²) in [6, 6.07) is 8.40. The number of hydrogen-bond acceptors (Lipinski definition) is 3. The van der Waals surface area contributed by atoms with E-state index in [0.717, 1.165) is 58.3 Å². The molecule has 2 aliphatic rings. The van der Waals surface area contributed by atoms with Crippen LogP contribution in [0.15, 0.2) is 24.3 Å². The number of carbonyl (C=O) groups is 1. The molecule has 126 valence electrons. The lowest BCUT2D eigenvalue weighted by Gasteiger charge is -2.37. The molecule has 4 nitrogen and oxygen atoms in total. The third-order valence-electron chi connectivity index (χ3n) is 5.44. The van der Waals surface area contributed by atoms with Crippen molar-refractivity contribution in [1.29, 1.82) is 0 Å². The molecule has 1 aliphatic carbocycles. The van der Waals surface area contributed by atoms with Crippen LogP contribution in [0.5, 0.6) is 0 Å². The molecule has 1 amide bonds. The normalized spacial score (nSPS) is 23.1. The van der Waals surface area contributed by atoms with Gasteiger partial charge in [0.1, 0.15) is 0 Å². The molecule has 1 aromatic carbocycles. The standard InChI is InChI=1S/C19H28N2O2/c1-23-14-19(9-11-20-12-10-19)13-21-18(22)17-8-4-6-15-5-2-3-7-16(15)17/h2-3,5,7,17,20H,4,6,8-14H2,1H3,(H,21,22). The summed E-state index contributed by atoms with van der Waals surface area (Å²) in [7, 11) is 1.75. The largest absolute Gasteiger partial charge is 0.384 e. The van der Waals surface area contributed by atoms with E-state index in [2.05, 4.69) is 28.8 Å². The fourth-order valence-electron chi connectivity index (χ4n) is 4.06. The lowest BCUT2D eigenvalue weighted by Crippen LogP contribution is -2.48. The van der Waals surface area contributed by atoms with E-state index in [4.69, 9.17) is 4.74 Å². The van der Waals surface area contributed by atoms with Crippen molar-refractivity contribution in [3.8, 4) is 0 Å². The molecule has 0 aromatic heterocycles. The van der Waals surface area contributed by atoms with Gasteiger partial charge in [-0.1, -0.05) is 24.3 Å². The van der Waals surface area contributed by atoms with Crippen LogP contribution in [0.4, 0.5) is 0 Å². The van der Waals surface area contributed by atoms with Gasteiger partial charge in [-0.3, -0.25) is 4.79 Å². The summed E-state index contributed by atoms with van der Waals surface area (Å²) in [4.78, 5) is 12.8. The number of rotatable bonds is 5. The molecule has 2 N–H and O–H groups in total. The minimum atomic E-state index is 0.0151. The zero-order valence-corrected chi connectivity index (χ0v) is 14.1. The zero-order valence-electron chi connectivity index (χ0n) is 14.1. The Hall–Kier alpha value is -1.39. The molecular weight excluding hydrogens is 288 g/mol. The lowest BCUT2D eigenvalue weighted by molar-refractivity contribution is -0.123. The van der Waals surface area contributed by atoms with E-state index in [1.165, 1.54) is 11.1 Å². The van der Waals surface area contributed by atoms with E-state index in [1.54, 1.807) is 7.11 Å². The van der Waals surface area contributed by atoms with Gasteiger partial charge in [0.2, 0.25) is 5.91 Å². The number of carbonyl (C=O) groups excluding carboxylic acids is 1. The van der Waals surface area contributed by atoms with E-state index in [0.29, 0.717) is 0 Å². The Labute approximate surface area is 139 Å². The molecular formula is C19H28N2O2. The van der Waals surface area contributed by atoms with Crippen LogP contribution in [-0.2, 0) is 16.0 Å². The smallest absolute Gasteiger partial charge is 0.227 e. The monoisotopic (exact) mass is 316 g/mol. The van der Waals surface area contributed by atoms with E-state index >= 15 is 0 Å². The van der Waals surface area contributed by atoms with Gasteiger partial charge in [0, 0.05) is 19.1 Å². The molecule has 0 spiro atoms. The summed E-state index contributed by atoms with van der Waals surface area (Å²) in [6.45, 7) is 3.45. The minimum Gasteiger partial charge on any atom is -0.384 e. The van der Waals surface area contributed by atoms with E-state index in [-0.39, 0.29) is 17.2 Å². The van der Waals surface area contributed by atoms with Gasteiger partial charge in [-0.2, -0.15) is 0 Å². The summed E-state index contributed by atoms with van der Waals surface area (Å²) in [5.74, 6) is 0.201. The zero-order chi connectivity index (χ0) is 16.1. The van der Waals surface area contributed by atoms with Gasteiger partial charge >= 0.3 is 0 Å². The second-order valence-electron chi connectivity index (χ2n) is 7.04. The first-order valence-electron chi connectivity index (χ1n) is 8.79. The second kappa shape index (κ2) is 7.45. The van der Waals surface area contributed by atoms with Crippen molar-refractivity contribution in [3.63, 3.8) is 0 Å². The molecule has 4 heteroatoms. The number of hydrogen-bond donors (Lipinski definition) is 2. The van der Waals surface area contributed by atoms with Gasteiger partial charge in [-0.15, -0.1) is 0 Å². The molecule has 1 aromatic rings.